The van der Waals surface area contributed by atoms with Crippen molar-refractivity contribution in [1.29, 1.82) is 0 Å². The number of nitrogens with zero attached hydrogens (tertiary/aromatic N) is 6. The molecule has 0 aliphatic carbocycles. The van der Waals surface area contributed by atoms with E-state index in [1.165, 1.54) is 0 Å². The number of anilines is 2. The van der Waals surface area contributed by atoms with Crippen LogP contribution in [0.2, 0.25) is 0 Å². The van der Waals surface area contributed by atoms with E-state index in [9.17, 15) is 0 Å². The van der Waals surface area contributed by atoms with E-state index in [1.54, 1.807) is 17.2 Å². The van der Waals surface area contributed by atoms with Gasteiger partial charge in [-0.1, -0.05) is 0 Å². The van der Waals surface area contributed by atoms with Crippen molar-refractivity contribution in [2.75, 3.05) is 30.8 Å². The van der Waals surface area contributed by atoms with Gasteiger partial charge in [0.1, 0.15) is 12.0 Å². The highest BCUT2D eigenvalue weighted by Gasteiger charge is 2.29. The van der Waals surface area contributed by atoms with Gasteiger partial charge in [0.05, 0.1) is 0 Å². The molecule has 21 heavy (non-hydrogen) atoms. The quantitative estimate of drug-likeness (QED) is 0.879. The van der Waals surface area contributed by atoms with E-state index in [-0.39, 0.29) is 0 Å². The number of hydrogen-bond donors (Lipinski definition) is 1. The summed E-state index contributed by atoms with van der Waals surface area (Å²) in [7, 11) is 2.16. The molecule has 3 heterocycles. The SMILES string of the molecule is C[C@@H]1CN(c2ncnc(-n3cccn3)c2N)C[C@H](C)N1C. The average Bonchev–Trinajstić information content (AvgIpc) is 2.98. The first-order valence-electron chi connectivity index (χ1n) is 7.15. The van der Waals surface area contributed by atoms with Crippen LogP contribution in [0.1, 0.15) is 13.8 Å². The molecular weight excluding hydrogens is 266 g/mol. The van der Waals surface area contributed by atoms with Crippen molar-refractivity contribution in [3.63, 3.8) is 0 Å². The molecule has 2 aromatic rings. The van der Waals surface area contributed by atoms with Crippen molar-refractivity contribution in [2.24, 2.45) is 0 Å². The van der Waals surface area contributed by atoms with Crippen LogP contribution < -0.4 is 10.6 Å². The van der Waals surface area contributed by atoms with Gasteiger partial charge in [0, 0.05) is 37.6 Å². The second-order valence-electron chi connectivity index (χ2n) is 5.65. The lowest BCUT2D eigenvalue weighted by Gasteiger charge is -2.43. The van der Waals surface area contributed by atoms with E-state index < -0.39 is 0 Å². The molecule has 0 bridgehead atoms. The fraction of sp³-hybridized carbons (Fsp3) is 0.500. The maximum atomic E-state index is 6.29. The van der Waals surface area contributed by atoms with Gasteiger partial charge in [0.15, 0.2) is 11.6 Å². The van der Waals surface area contributed by atoms with Gasteiger partial charge in [0.25, 0.3) is 0 Å². The molecule has 0 saturated carbocycles. The molecule has 112 valence electrons. The Morgan fingerprint density at radius 1 is 1.14 bits per heavy atom. The molecule has 3 rings (SSSR count). The van der Waals surface area contributed by atoms with Crippen LogP contribution in [0.3, 0.4) is 0 Å². The normalized spacial score (nSPS) is 23.5. The van der Waals surface area contributed by atoms with Crippen LogP contribution in [0.25, 0.3) is 5.82 Å². The van der Waals surface area contributed by atoms with Gasteiger partial charge in [-0.2, -0.15) is 5.10 Å². The molecule has 0 aromatic carbocycles. The van der Waals surface area contributed by atoms with Crippen LogP contribution in [-0.4, -0.2) is 56.9 Å². The predicted molar refractivity (Wildman–Crippen MR) is 82.5 cm³/mol. The minimum atomic E-state index is 0.455. The Hall–Kier alpha value is -2.15. The highest BCUT2D eigenvalue weighted by Crippen LogP contribution is 2.27. The van der Waals surface area contributed by atoms with Crippen LogP contribution in [-0.2, 0) is 0 Å². The van der Waals surface area contributed by atoms with E-state index in [0.29, 0.717) is 23.6 Å². The molecule has 7 heteroatoms. The molecule has 0 unspecified atom stereocenters. The zero-order chi connectivity index (χ0) is 15.0. The maximum Gasteiger partial charge on any atom is 0.181 e. The van der Waals surface area contributed by atoms with Gasteiger partial charge in [-0.3, -0.25) is 4.90 Å². The molecule has 2 N–H and O–H groups in total. The largest absolute Gasteiger partial charge is 0.393 e. The molecule has 7 nitrogen and oxygen atoms in total. The molecule has 0 radical (unpaired) electrons. The fourth-order valence-corrected chi connectivity index (χ4v) is 2.78. The zero-order valence-electron chi connectivity index (χ0n) is 12.6. The fourth-order valence-electron chi connectivity index (χ4n) is 2.78. The van der Waals surface area contributed by atoms with E-state index in [4.69, 9.17) is 5.73 Å². The van der Waals surface area contributed by atoms with Crippen molar-refractivity contribution >= 4 is 11.5 Å². The van der Waals surface area contributed by atoms with E-state index in [2.05, 4.69) is 45.8 Å². The second kappa shape index (κ2) is 5.33. The van der Waals surface area contributed by atoms with Crippen LogP contribution in [0.15, 0.2) is 24.8 Å². The first-order valence-corrected chi connectivity index (χ1v) is 7.15. The summed E-state index contributed by atoms with van der Waals surface area (Å²) in [6.45, 7) is 6.24. The topological polar surface area (TPSA) is 76.1 Å². The highest BCUT2D eigenvalue weighted by molar-refractivity contribution is 5.70. The average molecular weight is 287 g/mol. The lowest BCUT2D eigenvalue weighted by atomic mass is 10.1. The summed E-state index contributed by atoms with van der Waals surface area (Å²) in [5.41, 5.74) is 6.86. The molecule has 1 saturated heterocycles. The summed E-state index contributed by atoms with van der Waals surface area (Å²) < 4.78 is 1.67. The zero-order valence-corrected chi connectivity index (χ0v) is 12.6. The smallest absolute Gasteiger partial charge is 0.181 e. The van der Waals surface area contributed by atoms with Crippen molar-refractivity contribution in [2.45, 2.75) is 25.9 Å². The van der Waals surface area contributed by atoms with Crippen molar-refractivity contribution in [3.05, 3.63) is 24.8 Å². The molecule has 1 aliphatic heterocycles. The molecule has 2 aromatic heterocycles. The summed E-state index contributed by atoms with van der Waals surface area (Å²) in [4.78, 5) is 13.3. The molecular formula is C14H21N7. The number of hydrogen-bond acceptors (Lipinski definition) is 6. The summed E-state index contributed by atoms with van der Waals surface area (Å²) in [6, 6.07) is 2.76. The first kappa shape index (κ1) is 13.8. The van der Waals surface area contributed by atoms with Gasteiger partial charge in [0.2, 0.25) is 0 Å². The predicted octanol–water partition coefficient (Wildman–Crippen LogP) is 0.773. The number of nitrogens with two attached hydrogens (primary N) is 1. The minimum Gasteiger partial charge on any atom is -0.393 e. The van der Waals surface area contributed by atoms with Crippen molar-refractivity contribution in [1.82, 2.24) is 24.6 Å². The molecule has 1 aliphatic rings. The molecule has 0 spiro atoms. The van der Waals surface area contributed by atoms with E-state index >= 15 is 0 Å². The lowest BCUT2D eigenvalue weighted by Crippen LogP contribution is -2.55. The Balaban J connectivity index is 1.95. The number of aromatic nitrogens is 4. The van der Waals surface area contributed by atoms with Crippen LogP contribution in [0, 0.1) is 0 Å². The van der Waals surface area contributed by atoms with Crippen molar-refractivity contribution < 1.29 is 0 Å². The number of piperazine rings is 1. The van der Waals surface area contributed by atoms with Crippen molar-refractivity contribution in [3.8, 4) is 5.82 Å². The minimum absolute atomic E-state index is 0.455. The van der Waals surface area contributed by atoms with Gasteiger partial charge in [-0.05, 0) is 27.0 Å². The third-order valence-corrected chi connectivity index (χ3v) is 4.22. The number of rotatable bonds is 2. The standard InChI is InChI=1S/C14H21N7/c1-10-7-20(8-11(2)19(10)3)13-12(15)14(17-9-16-13)21-6-4-5-18-21/h4-6,9-11H,7-8,15H2,1-3H3/t10-,11+. The Labute approximate surface area is 124 Å². The van der Waals surface area contributed by atoms with Crippen LogP contribution in [0.5, 0.6) is 0 Å². The van der Waals surface area contributed by atoms with Gasteiger partial charge in [-0.15, -0.1) is 0 Å². The third kappa shape index (κ3) is 2.44. The summed E-state index contributed by atoms with van der Waals surface area (Å²) in [6.07, 6.45) is 5.09. The number of nitrogen functional groups attached to an aromatic ring is 1. The molecule has 0 amide bonds. The van der Waals surface area contributed by atoms with E-state index in [0.717, 1.165) is 18.9 Å². The van der Waals surface area contributed by atoms with E-state index in [1.807, 2.05) is 12.3 Å². The van der Waals surface area contributed by atoms with Gasteiger partial charge >= 0.3 is 0 Å². The highest BCUT2D eigenvalue weighted by atomic mass is 15.3. The Morgan fingerprint density at radius 2 is 1.81 bits per heavy atom. The Morgan fingerprint density at radius 3 is 2.43 bits per heavy atom. The summed E-state index contributed by atoms with van der Waals surface area (Å²) >= 11 is 0. The van der Waals surface area contributed by atoms with Gasteiger partial charge in [-0.25, -0.2) is 14.6 Å². The summed E-state index contributed by atoms with van der Waals surface area (Å²) in [5.74, 6) is 1.42. The third-order valence-electron chi connectivity index (χ3n) is 4.22. The summed E-state index contributed by atoms with van der Waals surface area (Å²) in [5, 5.41) is 4.20. The van der Waals surface area contributed by atoms with Crippen LogP contribution >= 0.6 is 0 Å². The Bertz CT molecular complexity index is 598. The Kier molecular flexibility index (Phi) is 3.50. The maximum absolute atomic E-state index is 6.29. The lowest BCUT2D eigenvalue weighted by molar-refractivity contribution is 0.169. The van der Waals surface area contributed by atoms with Crippen LogP contribution in [0.4, 0.5) is 11.5 Å². The molecule has 1 fully saturated rings. The molecule has 2 atom stereocenters. The van der Waals surface area contributed by atoms with Gasteiger partial charge < -0.3 is 10.6 Å². The second-order valence-corrected chi connectivity index (χ2v) is 5.65. The number of likely N-dealkylation sites (N-methyl/N-ethyl adjacent to an activating group) is 1. The monoisotopic (exact) mass is 287 g/mol. The first-order chi connectivity index (χ1) is 10.1.